The van der Waals surface area contributed by atoms with E-state index in [0.29, 0.717) is 19.3 Å². The lowest BCUT2D eigenvalue weighted by Gasteiger charge is -2.21. The van der Waals surface area contributed by atoms with Crippen LogP contribution in [-0.2, 0) is 9.53 Å². The zero-order chi connectivity index (χ0) is 12.7. The van der Waals surface area contributed by atoms with Gasteiger partial charge < -0.3 is 15.4 Å². The van der Waals surface area contributed by atoms with Gasteiger partial charge in [0.2, 0.25) is 5.91 Å². The molecule has 1 rings (SSSR count). The molecule has 1 aliphatic carbocycles. The van der Waals surface area contributed by atoms with Gasteiger partial charge >= 0.3 is 0 Å². The van der Waals surface area contributed by atoms with Crippen molar-refractivity contribution in [2.24, 2.45) is 0 Å². The van der Waals surface area contributed by atoms with Crippen molar-refractivity contribution >= 4 is 5.91 Å². The second-order valence-corrected chi connectivity index (χ2v) is 4.94. The Bertz CT molecular complexity index is 227. The number of nitrogens with one attached hydrogen (secondary N) is 2. The molecule has 0 aromatic rings. The zero-order valence-corrected chi connectivity index (χ0v) is 11.3. The lowest BCUT2D eigenvalue weighted by Crippen LogP contribution is -2.49. The lowest BCUT2D eigenvalue weighted by molar-refractivity contribution is -0.123. The molecule has 0 spiro atoms. The van der Waals surface area contributed by atoms with Crippen molar-refractivity contribution < 1.29 is 9.53 Å². The summed E-state index contributed by atoms with van der Waals surface area (Å²) in [4.78, 5) is 11.9. The number of amides is 1. The van der Waals surface area contributed by atoms with E-state index in [2.05, 4.69) is 10.6 Å². The molecule has 4 nitrogen and oxygen atoms in total. The van der Waals surface area contributed by atoms with Crippen molar-refractivity contribution in [2.45, 2.75) is 64.6 Å². The normalized spacial score (nSPS) is 20.2. The third-order valence-electron chi connectivity index (χ3n) is 3.20. The van der Waals surface area contributed by atoms with Gasteiger partial charge in [0, 0.05) is 18.7 Å². The third kappa shape index (κ3) is 5.50. The molecule has 1 amide bonds. The van der Waals surface area contributed by atoms with Crippen LogP contribution in [0.1, 0.15) is 46.5 Å². The van der Waals surface area contributed by atoms with Crippen LogP contribution in [0.4, 0.5) is 0 Å². The number of hydrogen-bond acceptors (Lipinski definition) is 3. The SMILES string of the molecule is CCOCC(C)NC(C)C(=O)NC1CCCC1. The molecule has 0 aromatic carbocycles. The number of carbonyl (C=O) groups is 1. The van der Waals surface area contributed by atoms with Crippen LogP contribution in [0.3, 0.4) is 0 Å². The van der Waals surface area contributed by atoms with Gasteiger partial charge in [-0.25, -0.2) is 0 Å². The highest BCUT2D eigenvalue weighted by Gasteiger charge is 2.21. The molecule has 0 bridgehead atoms. The predicted molar refractivity (Wildman–Crippen MR) is 69.0 cm³/mol. The van der Waals surface area contributed by atoms with Crippen molar-refractivity contribution in [1.29, 1.82) is 0 Å². The highest BCUT2D eigenvalue weighted by atomic mass is 16.5. The Labute approximate surface area is 104 Å². The quantitative estimate of drug-likeness (QED) is 0.710. The van der Waals surface area contributed by atoms with E-state index in [1.165, 1.54) is 12.8 Å². The van der Waals surface area contributed by atoms with E-state index in [4.69, 9.17) is 4.74 Å². The Morgan fingerprint density at radius 1 is 1.35 bits per heavy atom. The summed E-state index contributed by atoms with van der Waals surface area (Å²) in [6.45, 7) is 7.29. The molecule has 1 saturated carbocycles. The summed E-state index contributed by atoms with van der Waals surface area (Å²) in [5, 5.41) is 6.35. The fourth-order valence-corrected chi connectivity index (χ4v) is 2.24. The Morgan fingerprint density at radius 3 is 2.59 bits per heavy atom. The molecule has 0 saturated heterocycles. The Morgan fingerprint density at radius 2 is 2.00 bits per heavy atom. The Kier molecular flexibility index (Phi) is 6.52. The topological polar surface area (TPSA) is 50.4 Å². The zero-order valence-electron chi connectivity index (χ0n) is 11.3. The molecule has 100 valence electrons. The Hall–Kier alpha value is -0.610. The first-order chi connectivity index (χ1) is 8.13. The number of hydrogen-bond donors (Lipinski definition) is 2. The van der Waals surface area contributed by atoms with Gasteiger partial charge in [0.25, 0.3) is 0 Å². The first-order valence-corrected chi connectivity index (χ1v) is 6.77. The molecule has 2 unspecified atom stereocenters. The molecule has 0 aliphatic heterocycles. The Balaban J connectivity index is 2.20. The summed E-state index contributed by atoms with van der Waals surface area (Å²) in [5.74, 6) is 0.111. The minimum atomic E-state index is -0.147. The molecule has 2 N–H and O–H groups in total. The largest absolute Gasteiger partial charge is 0.380 e. The highest BCUT2D eigenvalue weighted by molar-refractivity contribution is 5.81. The van der Waals surface area contributed by atoms with Crippen LogP contribution in [0.15, 0.2) is 0 Å². The maximum Gasteiger partial charge on any atom is 0.237 e. The van der Waals surface area contributed by atoms with Crippen molar-refractivity contribution in [2.75, 3.05) is 13.2 Å². The predicted octanol–water partition coefficient (Wildman–Crippen LogP) is 1.45. The summed E-state index contributed by atoms with van der Waals surface area (Å²) in [6.07, 6.45) is 4.75. The summed E-state index contributed by atoms with van der Waals surface area (Å²) in [6, 6.07) is 0.458. The van der Waals surface area contributed by atoms with E-state index in [-0.39, 0.29) is 18.0 Å². The smallest absolute Gasteiger partial charge is 0.237 e. The summed E-state index contributed by atoms with van der Waals surface area (Å²) >= 11 is 0. The van der Waals surface area contributed by atoms with Crippen molar-refractivity contribution in [3.05, 3.63) is 0 Å². The molecule has 17 heavy (non-hydrogen) atoms. The van der Waals surface area contributed by atoms with Crippen LogP contribution in [0.25, 0.3) is 0 Å². The van der Waals surface area contributed by atoms with Crippen LogP contribution in [0.5, 0.6) is 0 Å². The molecular weight excluding hydrogens is 216 g/mol. The van der Waals surface area contributed by atoms with Gasteiger partial charge in [-0.1, -0.05) is 12.8 Å². The van der Waals surface area contributed by atoms with E-state index < -0.39 is 0 Å². The second kappa shape index (κ2) is 7.67. The van der Waals surface area contributed by atoms with Gasteiger partial charge in [0.15, 0.2) is 0 Å². The van der Waals surface area contributed by atoms with E-state index in [1.807, 2.05) is 20.8 Å². The molecular formula is C13H26N2O2. The van der Waals surface area contributed by atoms with Gasteiger partial charge in [-0.05, 0) is 33.6 Å². The summed E-state index contributed by atoms with van der Waals surface area (Å²) in [7, 11) is 0. The van der Waals surface area contributed by atoms with Gasteiger partial charge in [-0.2, -0.15) is 0 Å². The molecule has 1 fully saturated rings. The second-order valence-electron chi connectivity index (χ2n) is 4.94. The van der Waals surface area contributed by atoms with Crippen molar-refractivity contribution in [3.63, 3.8) is 0 Å². The first-order valence-electron chi connectivity index (χ1n) is 6.77. The monoisotopic (exact) mass is 242 g/mol. The minimum absolute atomic E-state index is 0.111. The summed E-state index contributed by atoms with van der Waals surface area (Å²) in [5.41, 5.74) is 0. The van der Waals surface area contributed by atoms with E-state index in [1.54, 1.807) is 0 Å². The standard InChI is InChI=1S/C13H26N2O2/c1-4-17-9-10(2)14-11(3)13(16)15-12-7-5-6-8-12/h10-12,14H,4-9H2,1-3H3,(H,15,16). The molecule has 0 radical (unpaired) electrons. The average molecular weight is 242 g/mol. The molecule has 2 atom stereocenters. The molecule has 1 aliphatic rings. The average Bonchev–Trinajstić information content (AvgIpc) is 2.78. The molecule has 0 aromatic heterocycles. The molecule has 4 heteroatoms. The third-order valence-corrected chi connectivity index (χ3v) is 3.20. The van der Waals surface area contributed by atoms with Crippen molar-refractivity contribution in [1.82, 2.24) is 10.6 Å². The van der Waals surface area contributed by atoms with E-state index in [9.17, 15) is 4.79 Å². The maximum absolute atomic E-state index is 11.9. The van der Waals surface area contributed by atoms with Crippen LogP contribution in [0, 0.1) is 0 Å². The number of ether oxygens (including phenoxy) is 1. The van der Waals surface area contributed by atoms with Crippen LogP contribution in [0.2, 0.25) is 0 Å². The van der Waals surface area contributed by atoms with Gasteiger partial charge in [-0.15, -0.1) is 0 Å². The fourth-order valence-electron chi connectivity index (χ4n) is 2.24. The highest BCUT2D eigenvalue weighted by Crippen LogP contribution is 2.17. The lowest BCUT2D eigenvalue weighted by atomic mass is 10.2. The number of carbonyl (C=O) groups excluding carboxylic acids is 1. The van der Waals surface area contributed by atoms with Gasteiger partial charge in [0.05, 0.1) is 12.6 Å². The molecule has 0 heterocycles. The fraction of sp³-hybridized carbons (Fsp3) is 0.923. The minimum Gasteiger partial charge on any atom is -0.380 e. The first kappa shape index (κ1) is 14.5. The van der Waals surface area contributed by atoms with Gasteiger partial charge in [-0.3, -0.25) is 4.79 Å². The van der Waals surface area contributed by atoms with E-state index >= 15 is 0 Å². The maximum atomic E-state index is 11.9. The van der Waals surface area contributed by atoms with Crippen LogP contribution < -0.4 is 10.6 Å². The van der Waals surface area contributed by atoms with Crippen molar-refractivity contribution in [3.8, 4) is 0 Å². The van der Waals surface area contributed by atoms with Crippen LogP contribution >= 0.6 is 0 Å². The summed E-state index contributed by atoms with van der Waals surface area (Å²) < 4.78 is 5.32. The van der Waals surface area contributed by atoms with Crippen LogP contribution in [-0.4, -0.2) is 37.2 Å². The van der Waals surface area contributed by atoms with Gasteiger partial charge in [0.1, 0.15) is 0 Å². The number of rotatable bonds is 7. The van der Waals surface area contributed by atoms with E-state index in [0.717, 1.165) is 12.8 Å².